The second kappa shape index (κ2) is 9.11. The molecule has 0 atom stereocenters. The van der Waals surface area contributed by atoms with Crippen molar-refractivity contribution < 1.29 is 0 Å². The van der Waals surface area contributed by atoms with Crippen LogP contribution in [0.25, 0.3) is 57.0 Å². The quantitative estimate of drug-likeness (QED) is 0.195. The zero-order chi connectivity index (χ0) is 24.1. The first-order chi connectivity index (χ1) is 17.8. The Kier molecular flexibility index (Phi) is 5.61. The van der Waals surface area contributed by atoms with Gasteiger partial charge in [-0.3, -0.25) is 14.5 Å². The normalized spacial score (nSPS) is 12.0. The summed E-state index contributed by atoms with van der Waals surface area (Å²) in [7, 11) is 0. The number of benzene rings is 1. The summed E-state index contributed by atoms with van der Waals surface area (Å²) in [6.45, 7) is 2.28. The third-order valence-corrected chi connectivity index (χ3v) is 10.7. The van der Waals surface area contributed by atoms with Crippen LogP contribution in [-0.2, 0) is 6.42 Å². The van der Waals surface area contributed by atoms with E-state index in [0.717, 1.165) is 16.9 Å². The predicted molar refractivity (Wildman–Crippen MR) is 158 cm³/mol. The van der Waals surface area contributed by atoms with Gasteiger partial charge >= 0.3 is 0 Å². The molecule has 7 aromatic rings. The van der Waals surface area contributed by atoms with E-state index in [1.165, 1.54) is 77.1 Å². The van der Waals surface area contributed by atoms with Gasteiger partial charge in [0.05, 0.1) is 38.0 Å². The highest BCUT2D eigenvalue weighted by atomic mass is 32.1. The molecular formula is C30H25N3S3. The molecular weight excluding hydrogens is 499 g/mol. The SMILES string of the molecule is CCCCCCc1cc2sc3cc(-n4c5ccccc5c5cc(-c6ccccn6)ncc54)sc3c2s1. The summed E-state index contributed by atoms with van der Waals surface area (Å²) < 4.78 is 8.12. The van der Waals surface area contributed by atoms with Crippen molar-refractivity contribution in [2.75, 3.05) is 0 Å². The molecule has 6 aromatic heterocycles. The Labute approximate surface area is 221 Å². The molecule has 0 bridgehead atoms. The molecule has 0 amide bonds. The van der Waals surface area contributed by atoms with E-state index in [1.807, 2.05) is 64.6 Å². The molecule has 0 unspecified atom stereocenters. The summed E-state index contributed by atoms with van der Waals surface area (Å²) >= 11 is 5.85. The lowest BCUT2D eigenvalue weighted by molar-refractivity contribution is 0.670. The molecule has 0 saturated heterocycles. The highest BCUT2D eigenvalue weighted by Gasteiger charge is 2.18. The number of para-hydroxylation sites is 1. The van der Waals surface area contributed by atoms with Crippen molar-refractivity contribution >= 4 is 74.6 Å². The van der Waals surface area contributed by atoms with Crippen molar-refractivity contribution in [3.8, 4) is 16.4 Å². The van der Waals surface area contributed by atoms with Crippen LogP contribution in [0.3, 0.4) is 0 Å². The number of aromatic nitrogens is 3. The number of pyridine rings is 2. The van der Waals surface area contributed by atoms with Crippen molar-refractivity contribution in [3.05, 3.63) is 77.9 Å². The van der Waals surface area contributed by atoms with Gasteiger partial charge in [0.1, 0.15) is 5.00 Å². The van der Waals surface area contributed by atoms with Crippen molar-refractivity contribution in [1.82, 2.24) is 14.5 Å². The second-order valence-corrected chi connectivity index (χ2v) is 12.5. The summed E-state index contributed by atoms with van der Waals surface area (Å²) in [5, 5.41) is 3.72. The van der Waals surface area contributed by atoms with Crippen LogP contribution in [0.2, 0.25) is 0 Å². The number of hydrogen-bond acceptors (Lipinski definition) is 5. The van der Waals surface area contributed by atoms with Crippen LogP contribution in [0.1, 0.15) is 37.5 Å². The van der Waals surface area contributed by atoms with Gasteiger partial charge in [-0.15, -0.1) is 34.0 Å². The summed E-state index contributed by atoms with van der Waals surface area (Å²) in [4.78, 5) is 10.9. The molecule has 36 heavy (non-hydrogen) atoms. The minimum absolute atomic E-state index is 0.901. The molecule has 0 radical (unpaired) electrons. The average molecular weight is 524 g/mol. The largest absolute Gasteiger partial charge is 0.299 e. The van der Waals surface area contributed by atoms with Gasteiger partial charge in [-0.1, -0.05) is 50.5 Å². The van der Waals surface area contributed by atoms with Crippen LogP contribution < -0.4 is 0 Å². The third kappa shape index (κ3) is 3.67. The van der Waals surface area contributed by atoms with E-state index in [0.29, 0.717) is 0 Å². The first-order valence-electron chi connectivity index (χ1n) is 12.6. The maximum absolute atomic E-state index is 4.82. The van der Waals surface area contributed by atoms with Gasteiger partial charge in [0.2, 0.25) is 0 Å². The molecule has 0 spiro atoms. The highest BCUT2D eigenvalue weighted by Crippen LogP contribution is 2.46. The summed E-state index contributed by atoms with van der Waals surface area (Å²) in [6.07, 6.45) is 10.3. The topological polar surface area (TPSA) is 30.7 Å². The van der Waals surface area contributed by atoms with E-state index in [1.54, 1.807) is 0 Å². The number of hydrogen-bond donors (Lipinski definition) is 0. The lowest BCUT2D eigenvalue weighted by atomic mass is 10.1. The summed E-state index contributed by atoms with van der Waals surface area (Å²) in [5.74, 6) is 0. The van der Waals surface area contributed by atoms with E-state index in [-0.39, 0.29) is 0 Å². The van der Waals surface area contributed by atoms with Gasteiger partial charge in [-0.25, -0.2) is 0 Å². The van der Waals surface area contributed by atoms with Crippen LogP contribution in [0, 0.1) is 0 Å². The highest BCUT2D eigenvalue weighted by molar-refractivity contribution is 7.39. The third-order valence-electron chi connectivity index (χ3n) is 6.84. The molecule has 6 heteroatoms. The Morgan fingerprint density at radius 2 is 1.58 bits per heavy atom. The number of aryl methyl sites for hydroxylation is 1. The monoisotopic (exact) mass is 523 g/mol. The van der Waals surface area contributed by atoms with Gasteiger partial charge in [0.15, 0.2) is 0 Å². The fourth-order valence-electron chi connectivity index (χ4n) is 5.09. The minimum atomic E-state index is 0.901. The first-order valence-corrected chi connectivity index (χ1v) is 15.0. The second-order valence-electron chi connectivity index (χ2n) is 9.25. The van der Waals surface area contributed by atoms with Crippen LogP contribution >= 0.6 is 34.0 Å². The van der Waals surface area contributed by atoms with Gasteiger partial charge < -0.3 is 0 Å². The van der Waals surface area contributed by atoms with Crippen molar-refractivity contribution in [2.45, 2.75) is 39.0 Å². The van der Waals surface area contributed by atoms with Gasteiger partial charge in [-0.05, 0) is 49.2 Å². The lowest BCUT2D eigenvalue weighted by Gasteiger charge is -2.04. The summed E-state index contributed by atoms with van der Waals surface area (Å²) in [5.41, 5.74) is 4.17. The van der Waals surface area contributed by atoms with Crippen LogP contribution in [0.4, 0.5) is 0 Å². The van der Waals surface area contributed by atoms with E-state index < -0.39 is 0 Å². The van der Waals surface area contributed by atoms with Crippen LogP contribution in [0.5, 0.6) is 0 Å². The Morgan fingerprint density at radius 1 is 0.722 bits per heavy atom. The number of rotatable bonds is 7. The molecule has 178 valence electrons. The molecule has 0 fully saturated rings. The predicted octanol–water partition coefficient (Wildman–Crippen LogP) is 9.85. The maximum atomic E-state index is 4.82. The van der Waals surface area contributed by atoms with E-state index in [4.69, 9.17) is 4.98 Å². The molecule has 0 aliphatic rings. The molecule has 0 aliphatic carbocycles. The summed E-state index contributed by atoms with van der Waals surface area (Å²) in [6, 6.07) is 21.7. The molecule has 6 heterocycles. The van der Waals surface area contributed by atoms with Gasteiger partial charge in [0, 0.05) is 31.2 Å². The van der Waals surface area contributed by atoms with E-state index in [2.05, 4.69) is 58.9 Å². The Bertz CT molecular complexity index is 1840. The number of fused-ring (bicyclic) bond motifs is 6. The van der Waals surface area contributed by atoms with Crippen LogP contribution in [0.15, 0.2) is 73.1 Å². The Hall–Kier alpha value is -3.06. The van der Waals surface area contributed by atoms with Crippen LogP contribution in [-0.4, -0.2) is 14.5 Å². The number of nitrogens with zero attached hydrogens (tertiary/aromatic N) is 3. The molecule has 0 N–H and O–H groups in total. The number of thiophene rings is 3. The standard InChI is InChI=1S/C30H25N3S3/c1-2-3-4-5-10-19-15-26-29(34-19)30-27(35-26)17-28(36-30)33-24-13-7-6-11-20(24)21-16-23(32-18-25(21)33)22-12-8-9-14-31-22/h6-9,11-18H,2-5,10H2,1H3. The fraction of sp³-hybridized carbons (Fsp3) is 0.200. The van der Waals surface area contributed by atoms with Gasteiger partial charge in [0.25, 0.3) is 0 Å². The average Bonchev–Trinajstić information content (AvgIpc) is 3.65. The Balaban J connectivity index is 1.34. The molecule has 0 saturated carbocycles. The molecule has 3 nitrogen and oxygen atoms in total. The lowest BCUT2D eigenvalue weighted by Crippen LogP contribution is -1.91. The molecule has 0 aliphatic heterocycles. The number of unbranched alkanes of at least 4 members (excludes halogenated alkanes) is 3. The van der Waals surface area contributed by atoms with Crippen molar-refractivity contribution in [3.63, 3.8) is 0 Å². The van der Waals surface area contributed by atoms with Crippen molar-refractivity contribution in [2.24, 2.45) is 0 Å². The van der Waals surface area contributed by atoms with E-state index >= 15 is 0 Å². The zero-order valence-corrected chi connectivity index (χ0v) is 22.5. The fourth-order valence-corrected chi connectivity index (χ4v) is 9.20. The smallest absolute Gasteiger partial charge is 0.102 e. The van der Waals surface area contributed by atoms with E-state index in [9.17, 15) is 0 Å². The molecule has 7 rings (SSSR count). The molecule has 1 aromatic carbocycles. The zero-order valence-electron chi connectivity index (χ0n) is 20.0. The Morgan fingerprint density at radius 3 is 2.47 bits per heavy atom. The van der Waals surface area contributed by atoms with Crippen molar-refractivity contribution in [1.29, 1.82) is 0 Å². The van der Waals surface area contributed by atoms with Gasteiger partial charge in [-0.2, -0.15) is 0 Å². The maximum Gasteiger partial charge on any atom is 0.102 e. The minimum Gasteiger partial charge on any atom is -0.299 e. The first kappa shape index (κ1) is 22.2.